The second-order valence-corrected chi connectivity index (χ2v) is 11.1. The van der Waals surface area contributed by atoms with Gasteiger partial charge in [-0.05, 0) is 35.2 Å². The van der Waals surface area contributed by atoms with E-state index in [0.717, 1.165) is 16.5 Å². The molecule has 0 aliphatic rings. The van der Waals surface area contributed by atoms with E-state index in [9.17, 15) is 4.11 Å². The molecule has 4 heteroatoms. The van der Waals surface area contributed by atoms with Gasteiger partial charge in [-0.3, -0.25) is 0 Å². The maximum absolute atomic E-state index is 9.66. The Balaban J connectivity index is 1.35. The number of nitrogens with zero attached hydrogens (tertiary/aromatic N) is 3. The first-order valence-electron chi connectivity index (χ1n) is 23.9. The Morgan fingerprint density at radius 3 is 1.66 bits per heavy atom. The van der Waals surface area contributed by atoms with Crippen LogP contribution in [0.5, 0.6) is 0 Å². The van der Waals surface area contributed by atoms with Crippen molar-refractivity contribution in [2.24, 2.45) is 0 Å². The summed E-state index contributed by atoms with van der Waals surface area (Å²) in [4.78, 5) is 13.2. The Hall–Kier alpha value is -6.65. The highest BCUT2D eigenvalue weighted by Gasteiger charge is 2.17. The molecule has 0 fully saturated rings. The van der Waals surface area contributed by atoms with E-state index < -0.39 is 148 Å². The van der Waals surface area contributed by atoms with Gasteiger partial charge in [0.2, 0.25) is 0 Å². The number of furan rings is 1. The van der Waals surface area contributed by atoms with Crippen LogP contribution in [0.4, 0.5) is 0 Å². The Labute approximate surface area is 314 Å². The summed E-state index contributed by atoms with van der Waals surface area (Å²) in [5.41, 5.74) is -0.304. The van der Waals surface area contributed by atoms with Crippen molar-refractivity contribution in [2.45, 2.75) is 6.92 Å². The van der Waals surface area contributed by atoms with E-state index in [1.807, 2.05) is 48.5 Å². The molecular weight excluding hydrogens is 611 g/mol. The van der Waals surface area contributed by atoms with Crippen molar-refractivity contribution < 1.29 is 27.7 Å². The number of rotatable bonds is 6. The van der Waals surface area contributed by atoms with Crippen molar-refractivity contribution in [1.29, 1.82) is 0 Å². The minimum Gasteiger partial charge on any atom is -0.455 e. The third kappa shape index (κ3) is 5.43. The van der Waals surface area contributed by atoms with Crippen LogP contribution in [0.1, 0.15) is 28.9 Å². The highest BCUT2D eigenvalue weighted by atomic mass is 16.3. The van der Waals surface area contributed by atoms with Gasteiger partial charge in [-0.1, -0.05) is 169 Å². The molecular formula is C46H31N3O. The quantitative estimate of drug-likeness (QED) is 0.178. The Bertz CT molecular complexity index is 3550. The molecule has 0 radical (unpaired) electrons. The summed E-state index contributed by atoms with van der Waals surface area (Å²) in [5.74, 6) is -1.96. The molecule has 0 amide bonds. The van der Waals surface area contributed by atoms with E-state index in [0.29, 0.717) is 11.0 Å². The molecule has 0 unspecified atom stereocenters. The van der Waals surface area contributed by atoms with Crippen LogP contribution in [0.3, 0.4) is 0 Å². The fraction of sp³-hybridized carbons (Fsp3) is 0.0217. The van der Waals surface area contributed by atoms with Gasteiger partial charge in [-0.2, -0.15) is 0 Å². The van der Waals surface area contributed by atoms with Crippen molar-refractivity contribution in [3.8, 4) is 67.5 Å². The largest absolute Gasteiger partial charge is 0.455 e. The number of fused-ring (bicyclic) bond motifs is 3. The Kier molecular flexibility index (Phi) is 4.13. The van der Waals surface area contributed by atoms with Crippen LogP contribution in [0, 0.1) is 6.92 Å². The third-order valence-electron chi connectivity index (χ3n) is 7.93. The minimum absolute atomic E-state index is 0.0416. The predicted octanol–water partition coefficient (Wildman–Crippen LogP) is 12.1. The zero-order valence-electron chi connectivity index (χ0n) is 43.1. The van der Waals surface area contributed by atoms with E-state index in [-0.39, 0.29) is 22.3 Å². The van der Waals surface area contributed by atoms with Crippen molar-refractivity contribution in [1.82, 2.24) is 15.0 Å². The molecule has 0 N–H and O–H groups in total. The SMILES string of the molecule is [2H]c1c([2H])c([2H])c(-c2nc(-c3c([2H])c([2H])c(-c4c([2H])c([2H])c([2H])c(C)c4[2H])c([2H])c3[2H])nc(-c3c([2H])c([2H])c([2H])c(-c4cccc5c4oc4c(-c6ccccc6)cccc45)c3[2H])n2)c([2H])c1[2H]. The first-order chi connectivity index (χ1) is 31.8. The molecule has 9 rings (SSSR count). The van der Waals surface area contributed by atoms with Gasteiger partial charge in [0.1, 0.15) is 11.2 Å². The van der Waals surface area contributed by atoms with E-state index in [2.05, 4.69) is 15.0 Å². The summed E-state index contributed by atoms with van der Waals surface area (Å²) < 4.78 is 156. The molecule has 4 nitrogen and oxygen atoms in total. The molecule has 2 aromatic heterocycles. The van der Waals surface area contributed by atoms with E-state index >= 15 is 0 Å². The van der Waals surface area contributed by atoms with Crippen LogP contribution in [0.15, 0.2) is 174 Å². The average molecular weight is 659 g/mol. The van der Waals surface area contributed by atoms with Crippen molar-refractivity contribution >= 4 is 21.9 Å². The zero-order valence-corrected chi connectivity index (χ0v) is 26.1. The summed E-state index contributed by atoms with van der Waals surface area (Å²) in [5, 5.41) is 1.34. The van der Waals surface area contributed by atoms with Crippen molar-refractivity contribution in [3.63, 3.8) is 0 Å². The van der Waals surface area contributed by atoms with Crippen molar-refractivity contribution in [2.75, 3.05) is 0 Å². The smallest absolute Gasteiger partial charge is 0.164 e. The zero-order chi connectivity index (χ0) is 48.2. The second kappa shape index (κ2) is 12.4. The summed E-state index contributed by atoms with van der Waals surface area (Å²) in [7, 11) is 0. The van der Waals surface area contributed by atoms with Gasteiger partial charge in [0.25, 0.3) is 0 Å². The van der Waals surface area contributed by atoms with Gasteiger partial charge < -0.3 is 4.42 Å². The van der Waals surface area contributed by atoms with E-state index in [1.165, 1.54) is 6.92 Å². The molecule has 0 saturated carbocycles. The lowest BCUT2D eigenvalue weighted by Gasteiger charge is -2.10. The van der Waals surface area contributed by atoms with Crippen LogP contribution in [-0.2, 0) is 0 Å². The first kappa shape index (κ1) is 16.6. The van der Waals surface area contributed by atoms with Crippen LogP contribution < -0.4 is 0 Å². The third-order valence-corrected chi connectivity index (χ3v) is 7.93. The fourth-order valence-electron chi connectivity index (χ4n) is 5.64. The molecule has 2 heterocycles. The maximum atomic E-state index is 9.66. The number of benzene rings is 7. The highest BCUT2D eigenvalue weighted by Crippen LogP contribution is 2.40. The molecule has 7 aromatic carbocycles. The molecule has 50 heavy (non-hydrogen) atoms. The lowest BCUT2D eigenvalue weighted by molar-refractivity contribution is 0.671. The molecule has 0 spiro atoms. The van der Waals surface area contributed by atoms with Crippen molar-refractivity contribution in [3.05, 3.63) is 175 Å². The van der Waals surface area contributed by atoms with Gasteiger partial charge >= 0.3 is 0 Å². The Morgan fingerprint density at radius 2 is 0.960 bits per heavy atom. The first-order valence-corrected chi connectivity index (χ1v) is 15.4. The van der Waals surface area contributed by atoms with Gasteiger partial charge in [0.15, 0.2) is 17.5 Å². The van der Waals surface area contributed by atoms with Gasteiger partial charge in [0, 0.05) is 38.6 Å². The van der Waals surface area contributed by atoms with Gasteiger partial charge in [-0.25, -0.2) is 15.0 Å². The van der Waals surface area contributed by atoms with Crippen LogP contribution in [0.25, 0.3) is 89.5 Å². The molecule has 0 saturated heterocycles. The number of hydrogen-bond donors (Lipinski definition) is 0. The highest BCUT2D eigenvalue weighted by molar-refractivity contribution is 6.13. The van der Waals surface area contributed by atoms with Crippen LogP contribution in [0.2, 0.25) is 0 Å². The summed E-state index contributed by atoms with van der Waals surface area (Å²) >= 11 is 0. The number of para-hydroxylation sites is 2. The maximum Gasteiger partial charge on any atom is 0.164 e. The van der Waals surface area contributed by atoms with Gasteiger partial charge in [0.05, 0.1) is 23.3 Å². The average Bonchev–Trinajstić information content (AvgIpc) is 3.71. The topological polar surface area (TPSA) is 51.8 Å². The summed E-state index contributed by atoms with van der Waals surface area (Å²) in [6, 6.07) is 8.39. The molecule has 0 aliphatic carbocycles. The molecule has 236 valence electrons. The normalized spacial score (nSPS) is 16.1. The molecule has 0 bridgehead atoms. The molecule has 0 aliphatic heterocycles. The number of aromatic nitrogens is 3. The standard InChI is InChI=1S/C46H31N3O/c1-30-12-8-17-35(28-30)31-24-26-34(27-25-31)45-47-44(33-15-6-3-7-16-33)48-46(49-45)37-19-9-18-36(29-37)39-21-11-23-41-40-22-10-20-38(42(40)50-43(39)41)32-13-4-2-5-14-32/h2-29H,1H3/i3D,6D,7D,8D,9D,12D,15D,16D,17D,18D,19D,24D,25D,26D,27D,28D,29D. The summed E-state index contributed by atoms with van der Waals surface area (Å²) in [6.07, 6.45) is 0. The molecule has 9 aromatic rings. The summed E-state index contributed by atoms with van der Waals surface area (Å²) in [6.45, 7) is 1.35. The van der Waals surface area contributed by atoms with E-state index in [4.69, 9.17) is 23.6 Å². The lowest BCUT2D eigenvalue weighted by Crippen LogP contribution is -2.00. The minimum atomic E-state index is -0.829. The van der Waals surface area contributed by atoms with Crippen LogP contribution >= 0.6 is 0 Å². The lowest BCUT2D eigenvalue weighted by atomic mass is 9.99. The van der Waals surface area contributed by atoms with E-state index in [1.54, 1.807) is 18.2 Å². The monoisotopic (exact) mass is 658 g/mol. The number of hydrogen-bond acceptors (Lipinski definition) is 4. The fourth-order valence-corrected chi connectivity index (χ4v) is 5.64. The predicted molar refractivity (Wildman–Crippen MR) is 204 cm³/mol. The van der Waals surface area contributed by atoms with Gasteiger partial charge in [-0.15, -0.1) is 0 Å². The second-order valence-electron chi connectivity index (χ2n) is 11.1. The van der Waals surface area contributed by atoms with Crippen LogP contribution in [-0.4, -0.2) is 15.0 Å². The Morgan fingerprint density at radius 1 is 0.420 bits per heavy atom. The molecule has 0 atom stereocenters.